The van der Waals surface area contributed by atoms with Gasteiger partial charge in [-0.2, -0.15) is 5.10 Å². The topological polar surface area (TPSA) is 69.0 Å². The van der Waals surface area contributed by atoms with Crippen molar-refractivity contribution in [2.75, 3.05) is 7.11 Å². The molecule has 6 heteroatoms. The van der Waals surface area contributed by atoms with Crippen molar-refractivity contribution >= 4 is 16.8 Å². The van der Waals surface area contributed by atoms with Crippen LogP contribution in [0, 0.1) is 5.92 Å². The second-order valence-electron chi connectivity index (χ2n) is 6.31. The largest absolute Gasteiger partial charge is 0.481 e. The van der Waals surface area contributed by atoms with Gasteiger partial charge in [0.2, 0.25) is 5.88 Å². The van der Waals surface area contributed by atoms with Gasteiger partial charge < -0.3 is 10.1 Å². The van der Waals surface area contributed by atoms with Crippen LogP contribution in [0.1, 0.15) is 29.9 Å². The lowest BCUT2D eigenvalue weighted by Gasteiger charge is -2.06. The van der Waals surface area contributed by atoms with E-state index in [9.17, 15) is 4.79 Å². The Morgan fingerprint density at radius 1 is 1.24 bits per heavy atom. The van der Waals surface area contributed by atoms with Crippen molar-refractivity contribution in [2.45, 2.75) is 26.9 Å². The number of nitrogens with zero attached hydrogens (tertiary/aromatic N) is 3. The van der Waals surface area contributed by atoms with Gasteiger partial charge in [-0.05, 0) is 18.1 Å². The van der Waals surface area contributed by atoms with E-state index < -0.39 is 0 Å². The number of amides is 1. The van der Waals surface area contributed by atoms with Crippen LogP contribution in [0.2, 0.25) is 0 Å². The molecule has 0 radical (unpaired) electrons. The smallest absolute Gasteiger partial charge is 0.253 e. The molecule has 0 saturated carbocycles. The second kappa shape index (κ2) is 7.34. The van der Waals surface area contributed by atoms with Gasteiger partial charge in [0.15, 0.2) is 0 Å². The molecule has 130 valence electrons. The van der Waals surface area contributed by atoms with Crippen LogP contribution in [0.5, 0.6) is 5.88 Å². The van der Waals surface area contributed by atoms with E-state index >= 15 is 0 Å². The fourth-order valence-corrected chi connectivity index (χ4v) is 2.71. The van der Waals surface area contributed by atoms with Gasteiger partial charge in [-0.3, -0.25) is 9.48 Å². The summed E-state index contributed by atoms with van der Waals surface area (Å²) < 4.78 is 7.02. The molecule has 1 aromatic carbocycles. The summed E-state index contributed by atoms with van der Waals surface area (Å²) in [7, 11) is 1.54. The molecule has 0 aliphatic carbocycles. The van der Waals surface area contributed by atoms with Crippen molar-refractivity contribution in [1.29, 1.82) is 0 Å². The fraction of sp³-hybridized carbons (Fsp3) is 0.316. The summed E-state index contributed by atoms with van der Waals surface area (Å²) >= 11 is 0. The maximum atomic E-state index is 12.3. The van der Waals surface area contributed by atoms with E-state index in [4.69, 9.17) is 4.74 Å². The van der Waals surface area contributed by atoms with Crippen LogP contribution in [0.3, 0.4) is 0 Å². The molecule has 0 fully saturated rings. The Labute approximate surface area is 146 Å². The average Bonchev–Trinajstić information content (AvgIpc) is 2.97. The summed E-state index contributed by atoms with van der Waals surface area (Å²) in [6, 6.07) is 11.5. The Balaban J connectivity index is 1.77. The highest BCUT2D eigenvalue weighted by Gasteiger charge is 2.13. The molecular weight excluding hydrogens is 316 g/mol. The van der Waals surface area contributed by atoms with Gasteiger partial charge in [0.25, 0.3) is 5.91 Å². The SMILES string of the molecule is COc1ccc(C(=O)NCc2nn(CC(C)C)c3ccccc23)cn1. The quantitative estimate of drug-likeness (QED) is 0.750. The molecular formula is C19H22N4O2. The number of rotatable bonds is 6. The lowest BCUT2D eigenvalue weighted by Crippen LogP contribution is -2.23. The number of ether oxygens (including phenoxy) is 1. The molecule has 0 aliphatic heterocycles. The highest BCUT2D eigenvalue weighted by molar-refractivity contribution is 5.94. The third kappa shape index (κ3) is 3.79. The highest BCUT2D eigenvalue weighted by atomic mass is 16.5. The predicted molar refractivity (Wildman–Crippen MR) is 96.5 cm³/mol. The van der Waals surface area contributed by atoms with Gasteiger partial charge in [0.1, 0.15) is 0 Å². The molecule has 1 amide bonds. The number of pyridine rings is 1. The molecule has 0 aliphatic rings. The maximum Gasteiger partial charge on any atom is 0.253 e. The Bertz CT molecular complexity index is 869. The summed E-state index contributed by atoms with van der Waals surface area (Å²) in [6.07, 6.45) is 1.50. The number of aromatic nitrogens is 3. The van der Waals surface area contributed by atoms with Crippen LogP contribution in [-0.4, -0.2) is 27.8 Å². The van der Waals surface area contributed by atoms with Crippen LogP contribution >= 0.6 is 0 Å². The number of hydrogen-bond acceptors (Lipinski definition) is 4. The first-order chi connectivity index (χ1) is 12.1. The van der Waals surface area contributed by atoms with Crippen molar-refractivity contribution < 1.29 is 9.53 Å². The molecule has 2 aromatic heterocycles. The highest BCUT2D eigenvalue weighted by Crippen LogP contribution is 2.19. The predicted octanol–water partition coefficient (Wildman–Crippen LogP) is 3.03. The Kier molecular flexibility index (Phi) is 4.97. The minimum Gasteiger partial charge on any atom is -0.481 e. The number of nitrogens with one attached hydrogen (secondary N) is 1. The minimum atomic E-state index is -0.183. The van der Waals surface area contributed by atoms with Crippen molar-refractivity contribution in [1.82, 2.24) is 20.1 Å². The standard InChI is InChI=1S/C19H22N4O2/c1-13(2)12-23-17-7-5-4-6-15(17)16(22-23)11-21-19(24)14-8-9-18(25-3)20-10-14/h4-10,13H,11-12H2,1-3H3,(H,21,24). The summed E-state index contributed by atoms with van der Waals surface area (Å²) in [5, 5.41) is 8.67. The van der Waals surface area contributed by atoms with Gasteiger partial charge in [0.05, 0.1) is 30.4 Å². The first-order valence-electron chi connectivity index (χ1n) is 8.31. The Morgan fingerprint density at radius 2 is 2.04 bits per heavy atom. The van der Waals surface area contributed by atoms with E-state index in [1.54, 1.807) is 19.2 Å². The Hall–Kier alpha value is -2.89. The zero-order valence-corrected chi connectivity index (χ0v) is 14.7. The Morgan fingerprint density at radius 3 is 2.72 bits per heavy atom. The normalized spacial score (nSPS) is 11.0. The van der Waals surface area contributed by atoms with E-state index in [1.165, 1.54) is 6.20 Å². The average molecular weight is 338 g/mol. The number of carbonyl (C=O) groups is 1. The first kappa shape index (κ1) is 17.0. The number of methoxy groups -OCH3 is 1. The first-order valence-corrected chi connectivity index (χ1v) is 8.31. The zero-order chi connectivity index (χ0) is 17.8. The van der Waals surface area contributed by atoms with Crippen LogP contribution in [0.4, 0.5) is 0 Å². The summed E-state index contributed by atoms with van der Waals surface area (Å²) in [5.41, 5.74) is 2.45. The van der Waals surface area contributed by atoms with Crippen molar-refractivity contribution in [3.05, 3.63) is 53.9 Å². The summed E-state index contributed by atoms with van der Waals surface area (Å²) in [6.45, 7) is 5.54. The second-order valence-corrected chi connectivity index (χ2v) is 6.31. The lowest BCUT2D eigenvalue weighted by molar-refractivity contribution is 0.0950. The third-order valence-electron chi connectivity index (χ3n) is 3.90. The molecule has 3 rings (SSSR count). The van der Waals surface area contributed by atoms with Crippen LogP contribution in [0.25, 0.3) is 10.9 Å². The third-order valence-corrected chi connectivity index (χ3v) is 3.90. The molecule has 3 aromatic rings. The van der Waals surface area contributed by atoms with Gasteiger partial charge in [-0.25, -0.2) is 4.98 Å². The number of benzene rings is 1. The molecule has 6 nitrogen and oxygen atoms in total. The zero-order valence-electron chi connectivity index (χ0n) is 14.7. The number of para-hydroxylation sites is 1. The molecule has 0 spiro atoms. The van der Waals surface area contributed by atoms with E-state index in [1.807, 2.05) is 22.9 Å². The molecule has 0 atom stereocenters. The molecule has 25 heavy (non-hydrogen) atoms. The van der Waals surface area contributed by atoms with E-state index in [2.05, 4.69) is 35.3 Å². The minimum absolute atomic E-state index is 0.183. The van der Waals surface area contributed by atoms with Crippen molar-refractivity contribution in [2.24, 2.45) is 5.92 Å². The molecule has 2 heterocycles. The van der Waals surface area contributed by atoms with Crippen molar-refractivity contribution in [3.8, 4) is 5.88 Å². The molecule has 0 saturated heterocycles. The van der Waals surface area contributed by atoms with Gasteiger partial charge in [-0.1, -0.05) is 32.0 Å². The number of hydrogen-bond donors (Lipinski definition) is 1. The number of carbonyl (C=O) groups excluding carboxylic acids is 1. The molecule has 0 bridgehead atoms. The summed E-state index contributed by atoms with van der Waals surface area (Å²) in [5.74, 6) is 0.795. The maximum absolute atomic E-state index is 12.3. The summed E-state index contributed by atoms with van der Waals surface area (Å²) in [4.78, 5) is 16.4. The van der Waals surface area contributed by atoms with Crippen LogP contribution < -0.4 is 10.1 Å². The van der Waals surface area contributed by atoms with Gasteiger partial charge in [0, 0.05) is 24.2 Å². The monoisotopic (exact) mass is 338 g/mol. The lowest BCUT2D eigenvalue weighted by atomic mass is 10.2. The van der Waals surface area contributed by atoms with E-state index in [-0.39, 0.29) is 5.91 Å². The van der Waals surface area contributed by atoms with Gasteiger partial charge in [-0.15, -0.1) is 0 Å². The van der Waals surface area contributed by atoms with Gasteiger partial charge >= 0.3 is 0 Å². The molecule has 0 unspecified atom stereocenters. The fourth-order valence-electron chi connectivity index (χ4n) is 2.71. The van der Waals surface area contributed by atoms with Crippen LogP contribution in [-0.2, 0) is 13.1 Å². The van der Waals surface area contributed by atoms with E-state index in [0.29, 0.717) is 23.9 Å². The van der Waals surface area contributed by atoms with E-state index in [0.717, 1.165) is 23.1 Å². The van der Waals surface area contributed by atoms with Crippen LogP contribution in [0.15, 0.2) is 42.6 Å². The number of fused-ring (bicyclic) bond motifs is 1. The molecule has 1 N–H and O–H groups in total. The van der Waals surface area contributed by atoms with Crippen molar-refractivity contribution in [3.63, 3.8) is 0 Å².